The predicted molar refractivity (Wildman–Crippen MR) is 195 cm³/mol. The Bertz CT molecular complexity index is 2780. The molecule has 10 rings (SSSR count). The predicted octanol–water partition coefficient (Wildman–Crippen LogP) is 11.4. The summed E-state index contributed by atoms with van der Waals surface area (Å²) in [5.74, 6) is 1.87. The van der Waals surface area contributed by atoms with Crippen LogP contribution in [0.5, 0.6) is 0 Å². The summed E-state index contributed by atoms with van der Waals surface area (Å²) in [6, 6.07) is 45.6. The molecule has 0 radical (unpaired) electrons. The third-order valence-electron chi connectivity index (χ3n) is 8.60. The van der Waals surface area contributed by atoms with Crippen molar-refractivity contribution in [3.63, 3.8) is 0 Å². The number of hydrogen-bond donors (Lipinski definition) is 0. The maximum Gasteiger partial charge on any atom is 0.164 e. The van der Waals surface area contributed by atoms with E-state index in [0.29, 0.717) is 17.5 Å². The number of fused-ring (bicyclic) bond motifs is 7. The number of benzene rings is 6. The number of nitrogens with zero attached hydrogens (tertiary/aromatic N) is 4. The van der Waals surface area contributed by atoms with Crippen LogP contribution in [0.4, 0.5) is 0 Å². The van der Waals surface area contributed by atoms with Crippen molar-refractivity contribution in [1.29, 1.82) is 0 Å². The van der Waals surface area contributed by atoms with Crippen molar-refractivity contribution in [2.24, 2.45) is 0 Å². The summed E-state index contributed by atoms with van der Waals surface area (Å²) in [5.41, 5.74) is 6.64. The Balaban J connectivity index is 1.23. The van der Waals surface area contributed by atoms with Gasteiger partial charge in [0.25, 0.3) is 0 Å². The van der Waals surface area contributed by atoms with Gasteiger partial charge >= 0.3 is 0 Å². The van der Waals surface area contributed by atoms with Gasteiger partial charge in [-0.25, -0.2) is 19.9 Å². The number of thiazole rings is 1. The van der Waals surface area contributed by atoms with E-state index in [-0.39, 0.29) is 0 Å². The minimum Gasteiger partial charge on any atom is -0.456 e. The second-order valence-corrected chi connectivity index (χ2v) is 13.5. The minimum atomic E-state index is 0.609. The van der Waals surface area contributed by atoms with E-state index in [1.807, 2.05) is 66.7 Å². The molecule has 0 amide bonds. The molecule has 10 aromatic rings. The first-order valence-corrected chi connectivity index (χ1v) is 16.9. The molecule has 47 heavy (non-hydrogen) atoms. The summed E-state index contributed by atoms with van der Waals surface area (Å²) in [4.78, 5) is 20.4. The maximum absolute atomic E-state index is 6.23. The fourth-order valence-electron chi connectivity index (χ4n) is 6.48. The van der Waals surface area contributed by atoms with Gasteiger partial charge < -0.3 is 4.42 Å². The summed E-state index contributed by atoms with van der Waals surface area (Å²) >= 11 is 3.52. The number of hydrogen-bond acceptors (Lipinski definition) is 7. The van der Waals surface area contributed by atoms with E-state index in [2.05, 4.69) is 66.7 Å². The van der Waals surface area contributed by atoms with Crippen molar-refractivity contribution in [2.75, 3.05) is 0 Å². The molecule has 0 spiro atoms. The highest BCUT2D eigenvalue weighted by Gasteiger charge is 2.21. The van der Waals surface area contributed by atoms with Gasteiger partial charge in [-0.3, -0.25) is 0 Å². The summed E-state index contributed by atoms with van der Waals surface area (Å²) in [6.45, 7) is 0. The van der Waals surface area contributed by atoms with Crippen molar-refractivity contribution in [3.8, 4) is 44.7 Å². The molecule has 0 atom stereocenters. The van der Waals surface area contributed by atoms with E-state index in [4.69, 9.17) is 24.4 Å². The summed E-state index contributed by atoms with van der Waals surface area (Å²) in [6.07, 6.45) is 0. The highest BCUT2D eigenvalue weighted by molar-refractivity contribution is 7.27. The van der Waals surface area contributed by atoms with Crippen LogP contribution in [0.3, 0.4) is 0 Å². The molecule has 0 fully saturated rings. The van der Waals surface area contributed by atoms with Gasteiger partial charge in [-0.05, 0) is 30.3 Å². The standard InChI is InChI=1S/C40H22N4OS2/c1-2-11-23(12-3-1)37-42-38(26-15-9-20-31-34(26)24-13-4-6-19-30(24)45-31)44-39(43-37)27-16-10-22-33-35(27)25-14-8-17-28(36(25)46-33)40-41-29-18-5-7-21-32(29)47-40/h1-22H. The van der Waals surface area contributed by atoms with Crippen LogP contribution < -0.4 is 0 Å². The number of aromatic nitrogens is 4. The van der Waals surface area contributed by atoms with E-state index >= 15 is 0 Å². The van der Waals surface area contributed by atoms with Crippen LogP contribution in [-0.2, 0) is 0 Å². The third-order valence-corrected chi connectivity index (χ3v) is 10.9. The summed E-state index contributed by atoms with van der Waals surface area (Å²) in [7, 11) is 0. The van der Waals surface area contributed by atoms with Gasteiger partial charge in [0.05, 0.1) is 10.2 Å². The first-order chi connectivity index (χ1) is 23.3. The Labute approximate surface area is 276 Å². The van der Waals surface area contributed by atoms with Gasteiger partial charge in [0.15, 0.2) is 17.5 Å². The largest absolute Gasteiger partial charge is 0.456 e. The molecule has 0 aliphatic rings. The van der Waals surface area contributed by atoms with Gasteiger partial charge in [-0.1, -0.05) is 103 Å². The monoisotopic (exact) mass is 638 g/mol. The van der Waals surface area contributed by atoms with Crippen molar-refractivity contribution in [1.82, 2.24) is 19.9 Å². The lowest BCUT2D eigenvalue weighted by Crippen LogP contribution is -2.00. The van der Waals surface area contributed by atoms with Gasteiger partial charge in [0.1, 0.15) is 16.2 Å². The molecule has 5 nitrogen and oxygen atoms in total. The Morgan fingerprint density at radius 3 is 1.94 bits per heavy atom. The minimum absolute atomic E-state index is 0.609. The van der Waals surface area contributed by atoms with Crippen LogP contribution in [0.25, 0.3) is 97.1 Å². The van der Waals surface area contributed by atoms with Gasteiger partial charge in [0.2, 0.25) is 0 Å². The normalized spacial score (nSPS) is 11.8. The van der Waals surface area contributed by atoms with Gasteiger partial charge in [-0.15, -0.1) is 22.7 Å². The van der Waals surface area contributed by atoms with Crippen LogP contribution >= 0.6 is 22.7 Å². The lowest BCUT2D eigenvalue weighted by molar-refractivity contribution is 0.669. The quantitative estimate of drug-likeness (QED) is 0.192. The SMILES string of the molecule is c1ccc(-c2nc(-c3cccc4oc5ccccc5c34)nc(-c3cccc4sc5c(-c6nc7ccccc7s6)cccc5c34)n2)cc1. The topological polar surface area (TPSA) is 64.7 Å². The molecule has 4 heterocycles. The molecule has 0 saturated heterocycles. The molecule has 220 valence electrons. The first-order valence-electron chi connectivity index (χ1n) is 15.3. The molecule has 7 heteroatoms. The maximum atomic E-state index is 6.23. The average Bonchev–Trinajstić information content (AvgIpc) is 3.85. The van der Waals surface area contributed by atoms with Crippen molar-refractivity contribution in [2.45, 2.75) is 0 Å². The fraction of sp³-hybridized carbons (Fsp3) is 0. The third kappa shape index (κ3) is 4.21. The van der Waals surface area contributed by atoms with E-state index in [1.165, 1.54) is 19.5 Å². The summed E-state index contributed by atoms with van der Waals surface area (Å²) in [5, 5.41) is 5.37. The van der Waals surface area contributed by atoms with Crippen LogP contribution in [0.1, 0.15) is 0 Å². The van der Waals surface area contributed by atoms with Crippen molar-refractivity contribution < 1.29 is 4.42 Å². The Kier molecular flexibility index (Phi) is 5.85. The highest BCUT2D eigenvalue weighted by Crippen LogP contribution is 2.45. The lowest BCUT2D eigenvalue weighted by Gasteiger charge is -2.10. The second kappa shape index (κ2) is 10.4. The summed E-state index contributed by atoms with van der Waals surface area (Å²) < 4.78 is 9.81. The Hall–Kier alpha value is -5.76. The van der Waals surface area contributed by atoms with E-state index in [1.54, 1.807) is 22.7 Å². The van der Waals surface area contributed by atoms with Gasteiger partial charge in [0, 0.05) is 53.2 Å². The molecule has 0 saturated carbocycles. The second-order valence-electron chi connectivity index (χ2n) is 11.4. The zero-order valence-electron chi connectivity index (χ0n) is 24.7. The molecule has 0 bridgehead atoms. The molecule has 0 N–H and O–H groups in total. The molecular weight excluding hydrogens is 617 g/mol. The number of rotatable bonds is 4. The van der Waals surface area contributed by atoms with Crippen molar-refractivity contribution in [3.05, 3.63) is 133 Å². The van der Waals surface area contributed by atoms with Crippen molar-refractivity contribution >= 4 is 75.0 Å². The fourth-order valence-corrected chi connectivity index (χ4v) is 8.79. The molecule has 0 aliphatic heterocycles. The van der Waals surface area contributed by atoms with Gasteiger partial charge in [-0.2, -0.15) is 0 Å². The smallest absolute Gasteiger partial charge is 0.164 e. The number of furan rings is 1. The lowest BCUT2D eigenvalue weighted by atomic mass is 10.0. The number of para-hydroxylation sites is 2. The van der Waals surface area contributed by atoms with E-state index in [9.17, 15) is 0 Å². The van der Waals surface area contributed by atoms with Crippen LogP contribution in [0, 0.1) is 0 Å². The molecule has 4 aromatic heterocycles. The zero-order valence-corrected chi connectivity index (χ0v) is 26.3. The Morgan fingerprint density at radius 2 is 1.06 bits per heavy atom. The number of thiophene rings is 1. The van der Waals surface area contributed by atoms with E-state index in [0.717, 1.165) is 60.1 Å². The molecular formula is C40H22N4OS2. The molecule has 0 unspecified atom stereocenters. The van der Waals surface area contributed by atoms with Crippen LogP contribution in [-0.4, -0.2) is 19.9 Å². The van der Waals surface area contributed by atoms with Crippen LogP contribution in [0.2, 0.25) is 0 Å². The van der Waals surface area contributed by atoms with E-state index < -0.39 is 0 Å². The zero-order chi connectivity index (χ0) is 30.9. The average molecular weight is 639 g/mol. The highest BCUT2D eigenvalue weighted by atomic mass is 32.1. The van der Waals surface area contributed by atoms with Crippen LogP contribution in [0.15, 0.2) is 138 Å². The molecule has 0 aliphatic carbocycles. The Morgan fingerprint density at radius 1 is 0.426 bits per heavy atom. The first kappa shape index (κ1) is 26.5. The molecule has 6 aromatic carbocycles.